The molecule has 3 aromatic carbocycles. The van der Waals surface area contributed by atoms with Crippen LogP contribution in [0.1, 0.15) is 11.8 Å². The van der Waals surface area contributed by atoms with Crippen LogP contribution >= 0.6 is 8.25 Å². The fraction of sp³-hybridized carbons (Fsp3) is 0.214. The molecule has 0 saturated carbocycles. The highest BCUT2D eigenvalue weighted by atomic mass is 31.1. The van der Waals surface area contributed by atoms with Crippen LogP contribution in [-0.4, -0.2) is 44.3 Å². The van der Waals surface area contributed by atoms with E-state index in [1.807, 2.05) is 30.3 Å². The van der Waals surface area contributed by atoms with Crippen molar-refractivity contribution in [1.29, 1.82) is 0 Å². The Morgan fingerprint density at radius 2 is 1.77 bits per heavy atom. The van der Waals surface area contributed by atoms with Crippen molar-refractivity contribution < 1.29 is 41.9 Å². The minimum Gasteiger partial charge on any atom is -0.450 e. The van der Waals surface area contributed by atoms with Gasteiger partial charge in [-0.1, -0.05) is 42.5 Å². The van der Waals surface area contributed by atoms with Crippen molar-refractivity contribution in [2.45, 2.75) is 31.0 Å². The third-order valence-corrected chi connectivity index (χ3v) is 7.40. The first-order valence-electron chi connectivity index (χ1n) is 13.0. The van der Waals surface area contributed by atoms with Gasteiger partial charge in [0.15, 0.2) is 6.10 Å². The van der Waals surface area contributed by atoms with Crippen LogP contribution in [0, 0.1) is 10.1 Å². The molecule has 0 aliphatic carbocycles. The molecule has 4 aromatic rings. The number of nitrogens with zero attached hydrogens (tertiary/aromatic N) is 3. The number of aliphatic hydroxyl groups is 1. The number of nitrogens with two attached hydrogens (primary N) is 1. The lowest BCUT2D eigenvalue weighted by Crippen LogP contribution is -2.41. The van der Waals surface area contributed by atoms with Gasteiger partial charge in [-0.05, 0) is 47.0 Å². The minimum absolute atomic E-state index is 0.0905. The van der Waals surface area contributed by atoms with Gasteiger partial charge in [-0.15, -0.1) is 0 Å². The number of nitro groups is 1. The lowest BCUT2D eigenvalue weighted by Gasteiger charge is -2.20. The summed E-state index contributed by atoms with van der Waals surface area (Å²) in [5.74, 6) is -3.85. The van der Waals surface area contributed by atoms with E-state index in [4.69, 9.17) is 24.3 Å². The predicted octanol–water partition coefficient (Wildman–Crippen LogP) is 4.71. The van der Waals surface area contributed by atoms with Crippen molar-refractivity contribution >= 4 is 19.8 Å². The Hall–Kier alpha value is -4.53. The Balaban J connectivity index is 1.19. The van der Waals surface area contributed by atoms with E-state index in [2.05, 4.69) is 4.98 Å². The highest BCUT2D eigenvalue weighted by Crippen LogP contribution is 2.43. The summed E-state index contributed by atoms with van der Waals surface area (Å²) < 4.78 is 63.3. The van der Waals surface area contributed by atoms with Crippen LogP contribution in [-0.2, 0) is 25.0 Å². The summed E-state index contributed by atoms with van der Waals surface area (Å²) in [6.07, 6.45) is -5.32. The van der Waals surface area contributed by atoms with Crippen LogP contribution in [0.3, 0.4) is 0 Å². The lowest BCUT2D eigenvalue weighted by molar-refractivity contribution is -0.385. The zero-order valence-electron chi connectivity index (χ0n) is 22.6. The SMILES string of the molecule is Nc1ccn(C2OC(CO[PH](=O)OCc3ccc([N+](=O)[O-])c(Oc4ccc(-c5ccccc5)cc4)c3)C(O)C2(F)F)c(=O)n1. The third-order valence-electron chi connectivity index (χ3n) is 6.62. The maximum absolute atomic E-state index is 14.7. The minimum atomic E-state index is -3.91. The maximum atomic E-state index is 14.7. The van der Waals surface area contributed by atoms with E-state index in [0.29, 0.717) is 15.9 Å². The number of benzene rings is 3. The molecule has 0 bridgehead atoms. The summed E-state index contributed by atoms with van der Waals surface area (Å²) in [7, 11) is -3.32. The number of halogens is 2. The number of ether oxygens (including phenoxy) is 2. The van der Waals surface area contributed by atoms with Gasteiger partial charge >= 0.3 is 25.6 Å². The highest BCUT2D eigenvalue weighted by Gasteiger charge is 2.59. The summed E-state index contributed by atoms with van der Waals surface area (Å²) in [5, 5.41) is 21.7. The molecule has 1 saturated heterocycles. The van der Waals surface area contributed by atoms with Crippen molar-refractivity contribution in [1.82, 2.24) is 9.55 Å². The zero-order valence-corrected chi connectivity index (χ0v) is 23.6. The molecule has 1 aliphatic rings. The highest BCUT2D eigenvalue weighted by molar-refractivity contribution is 7.33. The van der Waals surface area contributed by atoms with Crippen molar-refractivity contribution in [3.05, 3.63) is 111 Å². The number of aliphatic hydroxyl groups excluding tert-OH is 1. The van der Waals surface area contributed by atoms with Gasteiger partial charge in [-0.3, -0.25) is 19.2 Å². The van der Waals surface area contributed by atoms with Crippen LogP contribution in [0.4, 0.5) is 20.3 Å². The monoisotopic (exact) mass is 630 g/mol. The second kappa shape index (κ2) is 13.0. The molecule has 5 rings (SSSR count). The number of nitrogen functional groups attached to an aromatic ring is 1. The molecule has 1 aromatic heterocycles. The molecule has 1 fully saturated rings. The van der Waals surface area contributed by atoms with E-state index in [9.17, 15) is 33.4 Å². The van der Waals surface area contributed by atoms with E-state index >= 15 is 0 Å². The Bertz CT molecular complexity index is 1720. The molecular formula is C28H25F2N4O9P. The normalized spacial score (nSPS) is 19.8. The van der Waals surface area contributed by atoms with Crippen molar-refractivity contribution in [3.63, 3.8) is 0 Å². The quantitative estimate of drug-likeness (QED) is 0.133. The molecular weight excluding hydrogens is 605 g/mol. The van der Waals surface area contributed by atoms with Gasteiger partial charge < -0.3 is 29.4 Å². The first-order valence-corrected chi connectivity index (χ1v) is 14.2. The Kier molecular flexibility index (Phi) is 9.13. The van der Waals surface area contributed by atoms with E-state index in [1.165, 1.54) is 18.2 Å². The number of aromatic nitrogens is 2. The van der Waals surface area contributed by atoms with Gasteiger partial charge in [0.2, 0.25) is 12.0 Å². The van der Waals surface area contributed by atoms with E-state index in [1.54, 1.807) is 24.3 Å². The molecule has 13 nitrogen and oxygen atoms in total. The van der Waals surface area contributed by atoms with Crippen molar-refractivity contribution in [3.8, 4) is 22.6 Å². The second-order valence-electron chi connectivity index (χ2n) is 9.59. The van der Waals surface area contributed by atoms with Gasteiger partial charge in [0.05, 0.1) is 18.1 Å². The molecule has 4 atom stereocenters. The number of alkyl halides is 2. The summed E-state index contributed by atoms with van der Waals surface area (Å²) in [6.45, 7) is -1.09. The van der Waals surface area contributed by atoms with Crippen molar-refractivity contribution in [2.24, 2.45) is 0 Å². The van der Waals surface area contributed by atoms with Gasteiger partial charge in [-0.2, -0.15) is 13.8 Å². The summed E-state index contributed by atoms with van der Waals surface area (Å²) in [6, 6.07) is 21.5. The summed E-state index contributed by atoms with van der Waals surface area (Å²) >= 11 is 0. The molecule has 1 aliphatic heterocycles. The predicted molar refractivity (Wildman–Crippen MR) is 153 cm³/mol. The van der Waals surface area contributed by atoms with E-state index in [0.717, 1.165) is 23.4 Å². The third kappa shape index (κ3) is 6.82. The fourth-order valence-corrected chi connectivity index (χ4v) is 5.07. The number of hydrogen-bond acceptors (Lipinski definition) is 11. The second-order valence-corrected chi connectivity index (χ2v) is 10.7. The zero-order chi connectivity index (χ0) is 31.4. The first-order chi connectivity index (χ1) is 21.0. The van der Waals surface area contributed by atoms with Crippen LogP contribution in [0.15, 0.2) is 89.9 Å². The number of rotatable bonds is 11. The standard InChI is InChI=1S/C28H25F2N4O9P/c29-28(30)25(35)23(43-26(28)33-13-12-24(31)32-27(33)36)16-41-44(39)40-15-17-6-11-21(34(37)38)22(14-17)42-20-9-7-19(8-10-20)18-4-2-1-3-5-18/h1-14,23,25-26,35,44H,15-16H2,(H2,31,32,36). The van der Waals surface area contributed by atoms with Crippen LogP contribution in [0.5, 0.6) is 11.5 Å². The molecule has 4 unspecified atom stereocenters. The van der Waals surface area contributed by atoms with Gasteiger partial charge in [0.1, 0.15) is 17.7 Å². The number of hydrogen-bond donors (Lipinski definition) is 2. The molecule has 44 heavy (non-hydrogen) atoms. The van der Waals surface area contributed by atoms with E-state index < -0.39 is 49.8 Å². The maximum Gasteiger partial charge on any atom is 0.351 e. The number of anilines is 1. The fourth-order valence-electron chi connectivity index (χ4n) is 4.40. The Morgan fingerprint density at radius 3 is 2.45 bits per heavy atom. The lowest BCUT2D eigenvalue weighted by atomic mass is 10.1. The molecule has 16 heteroatoms. The van der Waals surface area contributed by atoms with Gasteiger partial charge in [0.25, 0.3) is 0 Å². The summed E-state index contributed by atoms with van der Waals surface area (Å²) in [4.78, 5) is 26.3. The van der Waals surface area contributed by atoms with Gasteiger partial charge in [0, 0.05) is 12.3 Å². The molecule has 2 heterocycles. The molecule has 0 amide bonds. The smallest absolute Gasteiger partial charge is 0.351 e. The summed E-state index contributed by atoms with van der Waals surface area (Å²) in [5.41, 5.74) is 6.20. The molecule has 230 valence electrons. The Labute approximate surface area is 248 Å². The van der Waals surface area contributed by atoms with Crippen LogP contribution in [0.25, 0.3) is 11.1 Å². The topological polar surface area (TPSA) is 178 Å². The Morgan fingerprint density at radius 1 is 1.07 bits per heavy atom. The molecule has 0 spiro atoms. The average Bonchev–Trinajstić information content (AvgIpc) is 3.23. The molecule has 0 radical (unpaired) electrons. The first kappa shape index (κ1) is 30.9. The largest absolute Gasteiger partial charge is 0.450 e. The van der Waals surface area contributed by atoms with Crippen molar-refractivity contribution in [2.75, 3.05) is 12.3 Å². The molecule has 3 N–H and O–H groups in total. The average molecular weight is 630 g/mol. The van der Waals surface area contributed by atoms with Gasteiger partial charge in [-0.25, -0.2) is 4.79 Å². The number of nitro benzene ring substituents is 1. The van der Waals surface area contributed by atoms with E-state index in [-0.39, 0.29) is 23.9 Å². The van der Waals surface area contributed by atoms with Crippen LogP contribution in [0.2, 0.25) is 0 Å². The van der Waals surface area contributed by atoms with Crippen LogP contribution < -0.4 is 16.2 Å².